The first kappa shape index (κ1) is 15.0. The van der Waals surface area contributed by atoms with Gasteiger partial charge in [0.25, 0.3) is 11.5 Å². The number of amides is 1. The molecule has 2 aromatic heterocycles. The van der Waals surface area contributed by atoms with Crippen molar-refractivity contribution in [3.8, 4) is 0 Å². The summed E-state index contributed by atoms with van der Waals surface area (Å²) in [6.07, 6.45) is 1.60. The van der Waals surface area contributed by atoms with E-state index < -0.39 is 0 Å². The fourth-order valence-electron chi connectivity index (χ4n) is 2.37. The molecule has 0 unspecified atom stereocenters. The Kier molecular flexibility index (Phi) is 3.92. The first-order valence-corrected chi connectivity index (χ1v) is 7.44. The molecule has 7 nitrogen and oxygen atoms in total. The van der Waals surface area contributed by atoms with Gasteiger partial charge in [-0.15, -0.1) is 5.10 Å². The fraction of sp³-hybridized carbons (Fsp3) is 0.250. The number of nitrogens with one attached hydrogen (secondary N) is 2. The van der Waals surface area contributed by atoms with Gasteiger partial charge in [0.2, 0.25) is 5.78 Å². The molecule has 0 atom stereocenters. The molecular formula is C16H17N5O2. The molecule has 1 amide bonds. The van der Waals surface area contributed by atoms with Gasteiger partial charge in [0.15, 0.2) is 5.82 Å². The zero-order valence-electron chi connectivity index (χ0n) is 13.0. The molecule has 0 saturated carbocycles. The van der Waals surface area contributed by atoms with Crippen molar-refractivity contribution in [2.45, 2.75) is 26.7 Å². The molecule has 0 radical (unpaired) electrons. The number of hydrogen-bond acceptors (Lipinski definition) is 4. The molecule has 1 aromatic carbocycles. The van der Waals surface area contributed by atoms with Crippen LogP contribution in [0.15, 0.2) is 35.1 Å². The fourth-order valence-corrected chi connectivity index (χ4v) is 2.37. The molecule has 0 aliphatic heterocycles. The number of rotatable bonds is 4. The highest BCUT2D eigenvalue weighted by Crippen LogP contribution is 2.12. The third kappa shape index (κ3) is 2.98. The summed E-state index contributed by atoms with van der Waals surface area (Å²) in [5.74, 6) is 0.955. The molecule has 118 valence electrons. The number of H-pyrrole nitrogens is 1. The lowest BCUT2D eigenvalue weighted by Crippen LogP contribution is -2.19. The lowest BCUT2D eigenvalue weighted by Gasteiger charge is -2.08. The highest BCUT2D eigenvalue weighted by molar-refractivity contribution is 6.04. The number of carbonyl (C=O) groups excluding carboxylic acids is 1. The predicted octanol–water partition coefficient (Wildman–Crippen LogP) is 1.93. The number of aryl methyl sites for hydroxylation is 2. The van der Waals surface area contributed by atoms with Gasteiger partial charge in [-0.2, -0.15) is 9.50 Å². The number of fused-ring (bicyclic) bond motifs is 1. The molecular weight excluding hydrogens is 294 g/mol. The van der Waals surface area contributed by atoms with Crippen LogP contribution in [0.25, 0.3) is 5.78 Å². The molecule has 3 aromatic rings. The quantitative estimate of drug-likeness (QED) is 0.770. The van der Waals surface area contributed by atoms with Crippen LogP contribution >= 0.6 is 0 Å². The summed E-state index contributed by atoms with van der Waals surface area (Å²) in [5.41, 5.74) is 1.07. The average molecular weight is 311 g/mol. The summed E-state index contributed by atoms with van der Waals surface area (Å²) in [5, 5.41) is 7.07. The van der Waals surface area contributed by atoms with Crippen molar-refractivity contribution in [3.63, 3.8) is 0 Å². The molecule has 0 spiro atoms. The Bertz CT molecular complexity index is 926. The van der Waals surface area contributed by atoms with Crippen LogP contribution in [0, 0.1) is 6.92 Å². The van der Waals surface area contributed by atoms with Crippen LogP contribution in [0.1, 0.15) is 35.1 Å². The maximum Gasteiger partial charge on any atom is 0.257 e. The largest absolute Gasteiger partial charge is 0.306 e. The van der Waals surface area contributed by atoms with Crippen molar-refractivity contribution in [2.24, 2.45) is 0 Å². The maximum absolute atomic E-state index is 12.4. The van der Waals surface area contributed by atoms with Gasteiger partial charge in [-0.05, 0) is 25.0 Å². The van der Waals surface area contributed by atoms with Crippen molar-refractivity contribution in [3.05, 3.63) is 57.6 Å². The van der Waals surface area contributed by atoms with Gasteiger partial charge < -0.3 is 5.32 Å². The molecule has 0 aliphatic rings. The van der Waals surface area contributed by atoms with Crippen molar-refractivity contribution in [1.82, 2.24) is 19.6 Å². The van der Waals surface area contributed by atoms with Crippen LogP contribution in [0.4, 0.5) is 5.82 Å². The van der Waals surface area contributed by atoms with Gasteiger partial charge in [0.1, 0.15) is 5.82 Å². The maximum atomic E-state index is 12.4. The third-order valence-corrected chi connectivity index (χ3v) is 3.49. The number of aromatic nitrogens is 4. The zero-order valence-corrected chi connectivity index (χ0v) is 13.0. The van der Waals surface area contributed by atoms with Crippen LogP contribution in [0.3, 0.4) is 0 Å². The van der Waals surface area contributed by atoms with Gasteiger partial charge in [-0.25, -0.2) is 0 Å². The average Bonchev–Trinajstić information content (AvgIpc) is 2.90. The molecule has 7 heteroatoms. The lowest BCUT2D eigenvalue weighted by molar-refractivity contribution is 0.102. The summed E-state index contributed by atoms with van der Waals surface area (Å²) in [6, 6.07) is 8.56. The number of nitrogens with zero attached hydrogens (tertiary/aromatic N) is 3. The van der Waals surface area contributed by atoms with E-state index in [0.717, 1.165) is 12.0 Å². The molecule has 23 heavy (non-hydrogen) atoms. The Morgan fingerprint density at radius 1 is 1.35 bits per heavy atom. The number of carbonyl (C=O) groups is 1. The first-order valence-electron chi connectivity index (χ1n) is 7.44. The first-order chi connectivity index (χ1) is 11.1. The highest BCUT2D eigenvalue weighted by Gasteiger charge is 2.13. The second-order valence-electron chi connectivity index (χ2n) is 5.30. The van der Waals surface area contributed by atoms with Gasteiger partial charge >= 0.3 is 0 Å². The molecule has 0 bridgehead atoms. The van der Waals surface area contributed by atoms with Crippen LogP contribution in [0.2, 0.25) is 0 Å². The van der Waals surface area contributed by atoms with Gasteiger partial charge in [0, 0.05) is 18.1 Å². The van der Waals surface area contributed by atoms with Crippen LogP contribution in [-0.2, 0) is 6.42 Å². The molecule has 0 saturated heterocycles. The summed E-state index contributed by atoms with van der Waals surface area (Å²) in [4.78, 5) is 31.1. The van der Waals surface area contributed by atoms with E-state index in [9.17, 15) is 9.59 Å². The van der Waals surface area contributed by atoms with Crippen LogP contribution in [-0.4, -0.2) is 25.5 Å². The van der Waals surface area contributed by atoms with Crippen LogP contribution < -0.4 is 10.9 Å². The number of anilines is 1. The highest BCUT2D eigenvalue weighted by atomic mass is 16.2. The Labute approximate surface area is 132 Å². The molecule has 2 N–H and O–H groups in total. The minimum atomic E-state index is -0.340. The van der Waals surface area contributed by atoms with E-state index in [4.69, 9.17) is 0 Å². The normalized spacial score (nSPS) is 10.9. The third-order valence-electron chi connectivity index (χ3n) is 3.49. The van der Waals surface area contributed by atoms with Crippen molar-refractivity contribution < 1.29 is 4.79 Å². The minimum Gasteiger partial charge on any atom is -0.306 e. The Morgan fingerprint density at radius 3 is 2.87 bits per heavy atom. The van der Waals surface area contributed by atoms with Crippen LogP contribution in [0.5, 0.6) is 0 Å². The summed E-state index contributed by atoms with van der Waals surface area (Å²) < 4.78 is 1.45. The Balaban J connectivity index is 2.00. The van der Waals surface area contributed by atoms with Crippen molar-refractivity contribution >= 4 is 17.5 Å². The molecule has 0 fully saturated rings. The van der Waals surface area contributed by atoms with E-state index >= 15 is 0 Å². The number of benzene rings is 1. The number of aromatic amines is 1. The standard InChI is InChI=1S/C16H17N5O2/c1-3-6-12-17-16-19-14(22)9-13(21(16)20-12)18-15(23)11-8-5-4-7-10(11)2/h4-5,7-9H,3,6H2,1-2H3,(H,18,23)(H,17,19,20,22). The van der Waals surface area contributed by atoms with E-state index in [2.05, 4.69) is 20.4 Å². The van der Waals surface area contributed by atoms with E-state index in [1.54, 1.807) is 12.1 Å². The lowest BCUT2D eigenvalue weighted by atomic mass is 10.1. The smallest absolute Gasteiger partial charge is 0.257 e. The van der Waals surface area contributed by atoms with E-state index in [1.807, 2.05) is 26.0 Å². The van der Waals surface area contributed by atoms with Gasteiger partial charge in [-0.3, -0.25) is 14.6 Å². The van der Waals surface area contributed by atoms with Crippen molar-refractivity contribution in [1.29, 1.82) is 0 Å². The molecule has 3 rings (SSSR count). The molecule has 0 aliphatic carbocycles. The SMILES string of the molecule is CCCc1nc2[nH]c(=O)cc(NC(=O)c3ccccc3C)n2n1. The van der Waals surface area contributed by atoms with E-state index in [1.165, 1.54) is 10.6 Å². The van der Waals surface area contributed by atoms with E-state index in [-0.39, 0.29) is 11.5 Å². The summed E-state index contributed by atoms with van der Waals surface area (Å²) in [7, 11) is 0. The predicted molar refractivity (Wildman–Crippen MR) is 86.7 cm³/mol. The van der Waals surface area contributed by atoms with E-state index in [0.29, 0.717) is 29.4 Å². The molecule has 2 heterocycles. The van der Waals surface area contributed by atoms with Gasteiger partial charge in [0.05, 0.1) is 0 Å². The van der Waals surface area contributed by atoms with Crippen molar-refractivity contribution in [2.75, 3.05) is 5.32 Å². The second kappa shape index (κ2) is 6.04. The topological polar surface area (TPSA) is 92.1 Å². The summed E-state index contributed by atoms with van der Waals surface area (Å²) >= 11 is 0. The minimum absolute atomic E-state index is 0.289. The number of hydrogen-bond donors (Lipinski definition) is 2. The monoisotopic (exact) mass is 311 g/mol. The second-order valence-corrected chi connectivity index (χ2v) is 5.30. The Morgan fingerprint density at radius 2 is 2.13 bits per heavy atom. The van der Waals surface area contributed by atoms with Gasteiger partial charge in [-0.1, -0.05) is 25.1 Å². The summed E-state index contributed by atoms with van der Waals surface area (Å²) in [6.45, 7) is 3.88. The Hall–Kier alpha value is -2.96. The zero-order chi connectivity index (χ0) is 16.4.